The first-order valence-electron chi connectivity index (χ1n) is 6.28. The molecule has 19 heavy (non-hydrogen) atoms. The van der Waals surface area contributed by atoms with Gasteiger partial charge in [-0.25, -0.2) is 0 Å². The summed E-state index contributed by atoms with van der Waals surface area (Å²) >= 11 is 0. The molecule has 2 aromatic rings. The summed E-state index contributed by atoms with van der Waals surface area (Å²) in [4.78, 5) is 0. The summed E-state index contributed by atoms with van der Waals surface area (Å²) in [6.45, 7) is 2.06. The predicted octanol–water partition coefficient (Wildman–Crippen LogP) is 3.75. The number of benzene rings is 2. The molecule has 0 radical (unpaired) electrons. The van der Waals surface area contributed by atoms with Crippen LogP contribution in [0.5, 0.6) is 0 Å². The van der Waals surface area contributed by atoms with E-state index in [9.17, 15) is 5.11 Å². The molecule has 0 spiro atoms. The van der Waals surface area contributed by atoms with Crippen LogP contribution in [0.1, 0.15) is 33.9 Å². The summed E-state index contributed by atoms with van der Waals surface area (Å²) < 4.78 is 0. The Morgan fingerprint density at radius 1 is 1.00 bits per heavy atom. The van der Waals surface area contributed by atoms with Crippen LogP contribution >= 0.6 is 0 Å². The van der Waals surface area contributed by atoms with Gasteiger partial charge < -0.3 is 5.11 Å². The molecular formula is C17H16OU. The topological polar surface area (TPSA) is 20.2 Å². The maximum atomic E-state index is 10.4. The van der Waals surface area contributed by atoms with Crippen LogP contribution in [-0.2, 0) is 6.42 Å². The first-order valence-corrected chi connectivity index (χ1v) is 6.28. The molecule has 0 aromatic heterocycles. The number of hydrogen-bond acceptors (Lipinski definition) is 1. The Morgan fingerprint density at radius 3 is 2.58 bits per heavy atom. The summed E-state index contributed by atoms with van der Waals surface area (Å²) in [5, 5.41) is 10.4. The molecule has 3 rings (SSSR count). The van der Waals surface area contributed by atoms with E-state index in [-0.39, 0.29) is 31.1 Å². The van der Waals surface area contributed by atoms with E-state index in [1.54, 1.807) is 0 Å². The SMILES string of the molecule is Cc1ccc2c(c1)C(O)Cc1ccccc1/C=C\2.[U]. The van der Waals surface area contributed by atoms with Gasteiger partial charge >= 0.3 is 0 Å². The van der Waals surface area contributed by atoms with Gasteiger partial charge in [-0.15, -0.1) is 0 Å². The van der Waals surface area contributed by atoms with E-state index in [1.165, 1.54) is 16.7 Å². The van der Waals surface area contributed by atoms with Crippen LogP contribution in [0, 0.1) is 38.0 Å². The van der Waals surface area contributed by atoms with Crippen LogP contribution in [0.3, 0.4) is 0 Å². The van der Waals surface area contributed by atoms with Crippen molar-refractivity contribution < 1.29 is 36.2 Å². The molecule has 2 heteroatoms. The maximum absolute atomic E-state index is 10.4. The maximum Gasteiger partial charge on any atom is 0.0836 e. The van der Waals surface area contributed by atoms with Gasteiger partial charge in [-0.1, -0.05) is 60.2 Å². The third-order valence-electron chi connectivity index (χ3n) is 3.51. The van der Waals surface area contributed by atoms with Crippen molar-refractivity contribution in [3.63, 3.8) is 0 Å². The number of aliphatic hydroxyl groups excluding tert-OH is 1. The third-order valence-corrected chi connectivity index (χ3v) is 3.51. The largest absolute Gasteiger partial charge is 0.388 e. The quantitative estimate of drug-likeness (QED) is 0.617. The third kappa shape index (κ3) is 3.03. The zero-order valence-electron chi connectivity index (χ0n) is 10.9. The summed E-state index contributed by atoms with van der Waals surface area (Å²) in [7, 11) is 0. The molecule has 0 heterocycles. The van der Waals surface area contributed by atoms with Crippen molar-refractivity contribution >= 4 is 12.2 Å². The minimum Gasteiger partial charge on any atom is -0.388 e. The number of rotatable bonds is 0. The zero-order chi connectivity index (χ0) is 12.5. The molecule has 0 fully saturated rings. The molecule has 1 aliphatic carbocycles. The van der Waals surface area contributed by atoms with E-state index in [0.717, 1.165) is 11.1 Å². The second-order valence-corrected chi connectivity index (χ2v) is 4.88. The molecule has 0 saturated carbocycles. The first kappa shape index (κ1) is 14.6. The van der Waals surface area contributed by atoms with E-state index < -0.39 is 6.10 Å². The molecule has 1 aliphatic rings. The minimum atomic E-state index is -0.425. The van der Waals surface area contributed by atoms with Crippen molar-refractivity contribution in [2.75, 3.05) is 0 Å². The van der Waals surface area contributed by atoms with Gasteiger partial charge in [-0.05, 0) is 29.2 Å². The second kappa shape index (κ2) is 6.10. The van der Waals surface area contributed by atoms with Crippen molar-refractivity contribution in [3.8, 4) is 0 Å². The van der Waals surface area contributed by atoms with Gasteiger partial charge in [0.1, 0.15) is 0 Å². The van der Waals surface area contributed by atoms with Crippen LogP contribution in [0.4, 0.5) is 0 Å². The van der Waals surface area contributed by atoms with Gasteiger partial charge in [-0.3, -0.25) is 0 Å². The van der Waals surface area contributed by atoms with Gasteiger partial charge in [0, 0.05) is 37.5 Å². The predicted molar refractivity (Wildman–Crippen MR) is 75.2 cm³/mol. The molecule has 0 saturated heterocycles. The monoisotopic (exact) mass is 474 g/mol. The Labute approximate surface area is 137 Å². The van der Waals surface area contributed by atoms with E-state index in [4.69, 9.17) is 0 Å². The van der Waals surface area contributed by atoms with E-state index >= 15 is 0 Å². The summed E-state index contributed by atoms with van der Waals surface area (Å²) in [6, 6.07) is 14.5. The fourth-order valence-electron chi connectivity index (χ4n) is 2.52. The molecule has 0 bridgehead atoms. The van der Waals surface area contributed by atoms with Crippen molar-refractivity contribution in [2.24, 2.45) is 0 Å². The normalized spacial score (nSPS) is 18.3. The number of aliphatic hydroxyl groups is 1. The average molecular weight is 474 g/mol. The Bertz CT molecular complexity index is 616. The van der Waals surface area contributed by atoms with E-state index in [2.05, 4.69) is 49.4 Å². The van der Waals surface area contributed by atoms with Crippen LogP contribution in [0.25, 0.3) is 12.2 Å². The summed E-state index contributed by atoms with van der Waals surface area (Å²) in [5.74, 6) is 0. The second-order valence-electron chi connectivity index (χ2n) is 4.88. The molecular weight excluding hydrogens is 458 g/mol. The minimum absolute atomic E-state index is 0. The molecule has 2 aromatic carbocycles. The molecule has 0 amide bonds. The molecule has 1 nitrogen and oxygen atoms in total. The zero-order valence-corrected chi connectivity index (χ0v) is 15.1. The number of fused-ring (bicyclic) bond motifs is 2. The standard InChI is InChI=1S/C17H16O.U/c1-12-6-7-14-9-8-13-4-2-3-5-15(13)11-17(18)16(14)10-12;/h2-10,17-18H,11H2,1H3;/b9-8-;. The van der Waals surface area contributed by atoms with Crippen LogP contribution < -0.4 is 0 Å². The Morgan fingerprint density at radius 2 is 1.74 bits per heavy atom. The molecule has 1 atom stereocenters. The van der Waals surface area contributed by atoms with Crippen molar-refractivity contribution in [3.05, 3.63) is 70.3 Å². The summed E-state index contributed by atoms with van der Waals surface area (Å²) in [5.41, 5.74) is 5.73. The fraction of sp³-hybridized carbons (Fsp3) is 0.176. The molecule has 94 valence electrons. The van der Waals surface area contributed by atoms with E-state index in [1.807, 2.05) is 12.1 Å². The smallest absolute Gasteiger partial charge is 0.0836 e. The van der Waals surface area contributed by atoms with Gasteiger partial charge in [0.15, 0.2) is 0 Å². The Kier molecular flexibility index (Phi) is 4.68. The Hall–Kier alpha value is -0.808. The van der Waals surface area contributed by atoms with Crippen molar-refractivity contribution in [2.45, 2.75) is 19.4 Å². The van der Waals surface area contributed by atoms with Crippen LogP contribution in [-0.4, -0.2) is 5.11 Å². The van der Waals surface area contributed by atoms with Gasteiger partial charge in [0.2, 0.25) is 0 Å². The average Bonchev–Trinajstić information content (AvgIpc) is 2.37. The summed E-state index contributed by atoms with van der Waals surface area (Å²) in [6.07, 6.45) is 4.48. The van der Waals surface area contributed by atoms with E-state index in [0.29, 0.717) is 6.42 Å². The van der Waals surface area contributed by atoms with Crippen molar-refractivity contribution in [1.29, 1.82) is 0 Å². The Balaban J connectivity index is 0.00000133. The molecule has 1 unspecified atom stereocenters. The van der Waals surface area contributed by atoms with Crippen LogP contribution in [0.2, 0.25) is 0 Å². The van der Waals surface area contributed by atoms with Gasteiger partial charge in [-0.2, -0.15) is 0 Å². The first-order chi connectivity index (χ1) is 8.74. The number of hydrogen-bond donors (Lipinski definition) is 1. The van der Waals surface area contributed by atoms with Gasteiger partial charge in [0.05, 0.1) is 6.10 Å². The number of aryl methyl sites for hydroxylation is 1. The van der Waals surface area contributed by atoms with Crippen LogP contribution in [0.15, 0.2) is 42.5 Å². The molecule has 1 N–H and O–H groups in total. The molecule has 0 aliphatic heterocycles. The van der Waals surface area contributed by atoms with Crippen molar-refractivity contribution in [1.82, 2.24) is 0 Å². The fourth-order valence-corrected chi connectivity index (χ4v) is 2.52. The van der Waals surface area contributed by atoms with Gasteiger partial charge in [0.25, 0.3) is 0 Å².